The molecule has 180 valence electrons. The molecule has 4 rings (SSSR count). The zero-order valence-electron chi connectivity index (χ0n) is 19.4. The van der Waals surface area contributed by atoms with Crippen LogP contribution in [-0.2, 0) is 9.47 Å². The number of hydrogen-bond acceptors (Lipinski definition) is 5. The van der Waals surface area contributed by atoms with Gasteiger partial charge >= 0.3 is 11.9 Å². The Balaban J connectivity index is 1.96. The van der Waals surface area contributed by atoms with Crippen molar-refractivity contribution >= 4 is 40.9 Å². The standard InChI is InChI=1S/C29H20Cl2O5/c1-35-28(33)25-22(18-9-13-20(31)14-10-18)15-16-24(26(25)29(34)36-2)27(32)23-6-4-3-5-21(23)17-7-11-19(30)12-8-17/h3-16H,1-2H3. The van der Waals surface area contributed by atoms with Crippen LogP contribution in [0.25, 0.3) is 22.3 Å². The minimum absolute atomic E-state index is 0.0152. The molecule has 0 N–H and O–H groups in total. The van der Waals surface area contributed by atoms with Gasteiger partial charge in [-0.3, -0.25) is 4.79 Å². The Hall–Kier alpha value is -3.93. The number of benzene rings is 4. The summed E-state index contributed by atoms with van der Waals surface area (Å²) in [6, 6.07) is 24.0. The van der Waals surface area contributed by atoms with Crippen molar-refractivity contribution in [2.75, 3.05) is 14.2 Å². The van der Waals surface area contributed by atoms with Crippen molar-refractivity contribution in [3.63, 3.8) is 0 Å². The summed E-state index contributed by atoms with van der Waals surface area (Å²) in [6.45, 7) is 0. The molecule has 0 fully saturated rings. The van der Waals surface area contributed by atoms with Gasteiger partial charge in [0.15, 0.2) is 5.78 Å². The molecule has 0 aliphatic carbocycles. The third-order valence-corrected chi connectivity index (χ3v) is 6.22. The fraction of sp³-hybridized carbons (Fsp3) is 0.0690. The maximum atomic E-state index is 13.9. The predicted molar refractivity (Wildman–Crippen MR) is 140 cm³/mol. The zero-order valence-corrected chi connectivity index (χ0v) is 20.9. The molecule has 0 unspecified atom stereocenters. The van der Waals surface area contributed by atoms with Crippen LogP contribution in [0, 0.1) is 0 Å². The number of carbonyl (C=O) groups excluding carboxylic acids is 3. The molecule has 0 amide bonds. The number of esters is 2. The minimum Gasteiger partial charge on any atom is -0.465 e. The first kappa shape index (κ1) is 25.2. The van der Waals surface area contributed by atoms with Crippen LogP contribution in [-0.4, -0.2) is 31.9 Å². The van der Waals surface area contributed by atoms with E-state index in [0.29, 0.717) is 32.3 Å². The summed E-state index contributed by atoms with van der Waals surface area (Å²) in [5.41, 5.74) is 2.56. The highest BCUT2D eigenvalue weighted by atomic mass is 35.5. The Kier molecular flexibility index (Phi) is 7.53. The van der Waals surface area contributed by atoms with E-state index in [0.717, 1.165) is 5.56 Å². The monoisotopic (exact) mass is 518 g/mol. The van der Waals surface area contributed by atoms with Gasteiger partial charge in [0.1, 0.15) is 0 Å². The highest BCUT2D eigenvalue weighted by Crippen LogP contribution is 2.34. The smallest absolute Gasteiger partial charge is 0.339 e. The van der Waals surface area contributed by atoms with Crippen molar-refractivity contribution in [1.82, 2.24) is 0 Å². The lowest BCUT2D eigenvalue weighted by atomic mass is 9.87. The van der Waals surface area contributed by atoms with E-state index < -0.39 is 17.7 Å². The van der Waals surface area contributed by atoms with Crippen molar-refractivity contribution in [3.8, 4) is 22.3 Å². The second kappa shape index (κ2) is 10.8. The lowest BCUT2D eigenvalue weighted by Gasteiger charge is -2.17. The van der Waals surface area contributed by atoms with Gasteiger partial charge in [0, 0.05) is 21.2 Å². The second-order valence-electron chi connectivity index (χ2n) is 7.78. The van der Waals surface area contributed by atoms with Gasteiger partial charge in [-0.15, -0.1) is 0 Å². The number of carbonyl (C=O) groups is 3. The average Bonchev–Trinajstić information content (AvgIpc) is 2.92. The normalized spacial score (nSPS) is 10.6. The molecule has 0 saturated heterocycles. The molecule has 4 aromatic rings. The largest absolute Gasteiger partial charge is 0.465 e. The van der Waals surface area contributed by atoms with E-state index in [1.807, 2.05) is 6.07 Å². The fourth-order valence-corrected chi connectivity index (χ4v) is 4.25. The number of rotatable bonds is 6. The van der Waals surface area contributed by atoms with Crippen molar-refractivity contribution in [1.29, 1.82) is 0 Å². The van der Waals surface area contributed by atoms with Gasteiger partial charge in [0.2, 0.25) is 0 Å². The summed E-state index contributed by atoms with van der Waals surface area (Å²) < 4.78 is 10.0. The lowest BCUT2D eigenvalue weighted by molar-refractivity contribution is 0.0554. The average molecular weight is 519 g/mol. The first-order chi connectivity index (χ1) is 17.3. The summed E-state index contributed by atoms with van der Waals surface area (Å²) in [4.78, 5) is 39.9. The van der Waals surface area contributed by atoms with E-state index in [9.17, 15) is 14.4 Å². The molecule has 0 radical (unpaired) electrons. The molecule has 0 saturated carbocycles. The molecular formula is C29H20Cl2O5. The lowest BCUT2D eigenvalue weighted by Crippen LogP contribution is -2.19. The van der Waals surface area contributed by atoms with Gasteiger partial charge < -0.3 is 9.47 Å². The van der Waals surface area contributed by atoms with E-state index in [4.69, 9.17) is 32.7 Å². The van der Waals surface area contributed by atoms with Gasteiger partial charge in [-0.1, -0.05) is 77.8 Å². The molecule has 0 bridgehead atoms. The van der Waals surface area contributed by atoms with Crippen LogP contribution in [0.4, 0.5) is 0 Å². The Morgan fingerprint density at radius 1 is 0.556 bits per heavy atom. The topological polar surface area (TPSA) is 69.7 Å². The van der Waals surface area contributed by atoms with Gasteiger partial charge in [0.25, 0.3) is 0 Å². The van der Waals surface area contributed by atoms with Crippen LogP contribution in [0.3, 0.4) is 0 Å². The maximum absolute atomic E-state index is 13.9. The van der Waals surface area contributed by atoms with Crippen molar-refractivity contribution in [2.45, 2.75) is 0 Å². The van der Waals surface area contributed by atoms with Gasteiger partial charge in [-0.25, -0.2) is 9.59 Å². The van der Waals surface area contributed by atoms with E-state index in [1.165, 1.54) is 20.3 Å². The molecule has 0 atom stereocenters. The number of ether oxygens (including phenoxy) is 2. The van der Waals surface area contributed by atoms with Crippen LogP contribution < -0.4 is 0 Å². The third-order valence-electron chi connectivity index (χ3n) is 5.71. The van der Waals surface area contributed by atoms with Crippen LogP contribution in [0.2, 0.25) is 10.0 Å². The second-order valence-corrected chi connectivity index (χ2v) is 8.66. The van der Waals surface area contributed by atoms with Gasteiger partial charge in [-0.05, 0) is 52.6 Å². The Bertz CT molecular complexity index is 1460. The Labute approximate surface area is 218 Å². The summed E-state index contributed by atoms with van der Waals surface area (Å²) in [7, 11) is 2.40. The first-order valence-electron chi connectivity index (χ1n) is 10.8. The van der Waals surface area contributed by atoms with Gasteiger partial charge in [-0.2, -0.15) is 0 Å². The molecule has 5 nitrogen and oxygen atoms in total. The molecular weight excluding hydrogens is 499 g/mol. The Morgan fingerprint density at radius 2 is 1.06 bits per heavy atom. The maximum Gasteiger partial charge on any atom is 0.339 e. The summed E-state index contributed by atoms with van der Waals surface area (Å²) in [5.74, 6) is -2.06. The van der Waals surface area contributed by atoms with Crippen LogP contribution in [0.1, 0.15) is 36.6 Å². The Morgan fingerprint density at radius 3 is 1.61 bits per heavy atom. The summed E-state index contributed by atoms with van der Waals surface area (Å²) >= 11 is 12.1. The molecule has 0 aliphatic heterocycles. The van der Waals surface area contributed by atoms with E-state index >= 15 is 0 Å². The number of methoxy groups -OCH3 is 2. The number of hydrogen-bond donors (Lipinski definition) is 0. The van der Waals surface area contributed by atoms with E-state index in [1.54, 1.807) is 72.8 Å². The molecule has 0 aromatic heterocycles. The van der Waals surface area contributed by atoms with Gasteiger partial charge in [0.05, 0.1) is 25.3 Å². The highest BCUT2D eigenvalue weighted by molar-refractivity contribution is 6.31. The van der Waals surface area contributed by atoms with E-state index in [2.05, 4.69) is 0 Å². The molecule has 0 aliphatic rings. The van der Waals surface area contributed by atoms with Crippen molar-refractivity contribution in [2.24, 2.45) is 0 Å². The molecule has 36 heavy (non-hydrogen) atoms. The minimum atomic E-state index is -0.835. The third kappa shape index (κ3) is 4.89. The highest BCUT2D eigenvalue weighted by Gasteiger charge is 2.30. The molecule has 4 aromatic carbocycles. The SMILES string of the molecule is COC(=O)c1c(C(=O)c2ccccc2-c2ccc(Cl)cc2)ccc(-c2ccc(Cl)cc2)c1C(=O)OC. The van der Waals surface area contributed by atoms with E-state index in [-0.39, 0.29) is 16.7 Å². The number of halogens is 2. The molecule has 7 heteroatoms. The number of ketones is 1. The van der Waals surface area contributed by atoms with Crippen molar-refractivity contribution < 1.29 is 23.9 Å². The quantitative estimate of drug-likeness (QED) is 0.200. The predicted octanol–water partition coefficient (Wildman–Crippen LogP) is 7.13. The fourth-order valence-electron chi connectivity index (χ4n) is 4.00. The van der Waals surface area contributed by atoms with Crippen LogP contribution >= 0.6 is 23.2 Å². The van der Waals surface area contributed by atoms with Crippen molar-refractivity contribution in [3.05, 3.63) is 117 Å². The summed E-state index contributed by atoms with van der Waals surface area (Å²) in [5, 5.41) is 1.08. The van der Waals surface area contributed by atoms with Crippen LogP contribution in [0.15, 0.2) is 84.9 Å². The van der Waals surface area contributed by atoms with Crippen LogP contribution in [0.5, 0.6) is 0 Å². The summed E-state index contributed by atoms with van der Waals surface area (Å²) in [6.07, 6.45) is 0. The zero-order chi connectivity index (χ0) is 25.8. The first-order valence-corrected chi connectivity index (χ1v) is 11.6. The molecule has 0 heterocycles. The molecule has 0 spiro atoms.